The fourth-order valence-electron chi connectivity index (χ4n) is 6.16. The second-order valence-electron chi connectivity index (χ2n) is 12.3. The summed E-state index contributed by atoms with van der Waals surface area (Å²) in [5.41, 5.74) is 7.18. The van der Waals surface area contributed by atoms with Crippen LogP contribution in [0, 0.1) is 26.2 Å². The number of benzene rings is 2. The summed E-state index contributed by atoms with van der Waals surface area (Å²) in [6, 6.07) is 21.2. The molecular formula is C41H51N3O3S. The first-order chi connectivity index (χ1) is 23.2. The molecule has 0 unspecified atom stereocenters. The summed E-state index contributed by atoms with van der Waals surface area (Å²) < 4.78 is 5.33. The minimum atomic E-state index is -0.216. The average Bonchev–Trinajstić information content (AvgIpc) is 3.47. The molecule has 0 aliphatic carbocycles. The summed E-state index contributed by atoms with van der Waals surface area (Å²) in [6.07, 6.45) is 9.93. The van der Waals surface area contributed by atoms with Crippen LogP contribution in [0.4, 0.5) is 11.4 Å². The molecule has 2 aliphatic heterocycles. The first kappa shape index (κ1) is 36.8. The maximum Gasteiger partial charge on any atom is 0.258 e. The summed E-state index contributed by atoms with van der Waals surface area (Å²) in [4.78, 5) is 35.0. The van der Waals surface area contributed by atoms with Crippen LogP contribution in [0.3, 0.4) is 0 Å². The van der Waals surface area contributed by atoms with Gasteiger partial charge in [0.25, 0.3) is 11.8 Å². The number of pyridine rings is 1. The SMILES string of the molecule is CC.CCC1(CC)CCOCC1.Cc1cnc(C)c(C(=O)Nc2ccc(C(=O)N3CCC(c4ccc(C)s4)=Cc4ccccc43)cc2)c1. The number of anilines is 2. The lowest BCUT2D eigenvalue weighted by Crippen LogP contribution is -2.32. The Morgan fingerprint density at radius 2 is 1.62 bits per heavy atom. The van der Waals surface area contributed by atoms with Gasteiger partial charge in [0.2, 0.25) is 0 Å². The van der Waals surface area contributed by atoms with Crippen LogP contribution in [0.15, 0.2) is 72.9 Å². The Labute approximate surface area is 291 Å². The fraction of sp³-hybridized carbons (Fsp3) is 0.390. The predicted molar refractivity (Wildman–Crippen MR) is 202 cm³/mol. The summed E-state index contributed by atoms with van der Waals surface area (Å²) in [5.74, 6) is -0.275. The lowest BCUT2D eigenvalue weighted by Gasteiger charge is -2.35. The minimum Gasteiger partial charge on any atom is -0.381 e. The van der Waals surface area contributed by atoms with Crippen molar-refractivity contribution in [3.8, 4) is 0 Å². The second kappa shape index (κ2) is 17.4. The first-order valence-electron chi connectivity index (χ1n) is 17.3. The van der Waals surface area contributed by atoms with Crippen LogP contribution in [0.5, 0.6) is 0 Å². The summed E-state index contributed by atoms with van der Waals surface area (Å²) in [7, 11) is 0. The molecule has 48 heavy (non-hydrogen) atoms. The third kappa shape index (κ3) is 9.09. The van der Waals surface area contributed by atoms with Crippen molar-refractivity contribution >= 4 is 46.2 Å². The standard InChI is InChI=1S/C30H27N3O2S.C9H18O.C2H6/c1-19-16-26(21(3)31-18-19)29(34)32-25-11-9-22(10-12-25)30(35)33-15-14-24(28-13-8-20(2)36-28)17-23-6-4-5-7-27(23)33;1-3-9(4-2)5-7-10-8-6-9;1-2/h4-13,16-18H,14-15H2,1-3H3,(H,32,34);3-8H2,1-2H3;1-2H3. The zero-order valence-corrected chi connectivity index (χ0v) is 30.5. The zero-order chi connectivity index (χ0) is 34.7. The van der Waals surface area contributed by atoms with Crippen molar-refractivity contribution < 1.29 is 14.3 Å². The van der Waals surface area contributed by atoms with Crippen molar-refractivity contribution in [3.05, 3.63) is 111 Å². The van der Waals surface area contributed by atoms with Crippen LogP contribution < -0.4 is 10.2 Å². The van der Waals surface area contributed by atoms with Crippen molar-refractivity contribution in [2.24, 2.45) is 5.41 Å². The number of carbonyl (C=O) groups excluding carboxylic acids is 2. The molecule has 0 saturated carbocycles. The Morgan fingerprint density at radius 1 is 0.938 bits per heavy atom. The van der Waals surface area contributed by atoms with Gasteiger partial charge in [-0.3, -0.25) is 14.6 Å². The number of hydrogen-bond acceptors (Lipinski definition) is 5. The number of ether oxygens (including phenoxy) is 1. The molecule has 0 radical (unpaired) electrons. The molecule has 4 heterocycles. The highest BCUT2D eigenvalue weighted by atomic mass is 32.1. The number of fused-ring (bicyclic) bond motifs is 1. The first-order valence-corrected chi connectivity index (χ1v) is 18.1. The van der Waals surface area contributed by atoms with E-state index >= 15 is 0 Å². The van der Waals surface area contributed by atoms with E-state index < -0.39 is 0 Å². The Bertz CT molecular complexity index is 1690. The largest absolute Gasteiger partial charge is 0.381 e. The van der Waals surface area contributed by atoms with E-state index in [9.17, 15) is 9.59 Å². The lowest BCUT2D eigenvalue weighted by molar-refractivity contribution is 0.0105. The van der Waals surface area contributed by atoms with Crippen molar-refractivity contribution in [1.82, 2.24) is 4.98 Å². The van der Waals surface area contributed by atoms with Gasteiger partial charge in [-0.25, -0.2) is 0 Å². The number of para-hydroxylation sites is 1. The maximum absolute atomic E-state index is 13.6. The Morgan fingerprint density at radius 3 is 2.25 bits per heavy atom. The highest BCUT2D eigenvalue weighted by molar-refractivity contribution is 7.13. The molecule has 2 aromatic carbocycles. The van der Waals surface area contributed by atoms with E-state index in [0.29, 0.717) is 34.5 Å². The summed E-state index contributed by atoms with van der Waals surface area (Å²) >= 11 is 1.78. The third-order valence-electron chi connectivity index (χ3n) is 9.38. The van der Waals surface area contributed by atoms with Crippen molar-refractivity contribution in [2.75, 3.05) is 30.0 Å². The molecule has 254 valence electrons. The van der Waals surface area contributed by atoms with Crippen molar-refractivity contribution in [3.63, 3.8) is 0 Å². The number of amides is 2. The van der Waals surface area contributed by atoms with Crippen molar-refractivity contribution in [1.29, 1.82) is 0 Å². The van der Waals surface area contributed by atoms with Crippen LogP contribution in [-0.2, 0) is 4.74 Å². The molecule has 6 rings (SSSR count). The molecule has 0 bridgehead atoms. The summed E-state index contributed by atoms with van der Waals surface area (Å²) in [6.45, 7) is 17.0. The number of rotatable bonds is 6. The predicted octanol–water partition coefficient (Wildman–Crippen LogP) is 10.5. The molecule has 4 aromatic rings. The van der Waals surface area contributed by atoms with Gasteiger partial charge < -0.3 is 15.0 Å². The van der Waals surface area contributed by atoms with Crippen molar-refractivity contribution in [2.45, 2.75) is 80.6 Å². The lowest BCUT2D eigenvalue weighted by atomic mass is 9.76. The van der Waals surface area contributed by atoms with Gasteiger partial charge in [-0.05, 0) is 117 Å². The quantitative estimate of drug-likeness (QED) is 0.222. The Balaban J connectivity index is 0.000000369. The third-order valence-corrected chi connectivity index (χ3v) is 10.5. The Kier molecular flexibility index (Phi) is 13.3. The van der Waals surface area contributed by atoms with E-state index in [0.717, 1.165) is 36.4 Å². The molecular weight excluding hydrogens is 615 g/mol. The highest BCUT2D eigenvalue weighted by Gasteiger charge is 2.28. The number of carbonyl (C=O) groups is 2. The normalized spacial score (nSPS) is 15.0. The zero-order valence-electron chi connectivity index (χ0n) is 29.7. The van der Waals surface area contributed by atoms with Gasteiger partial charge in [0, 0.05) is 52.7 Å². The van der Waals surface area contributed by atoms with E-state index in [1.807, 2.05) is 56.9 Å². The number of nitrogens with zero attached hydrogens (tertiary/aromatic N) is 2. The molecule has 2 amide bonds. The minimum absolute atomic E-state index is 0.0592. The summed E-state index contributed by atoms with van der Waals surface area (Å²) in [5, 5.41) is 2.91. The van der Waals surface area contributed by atoms with Crippen LogP contribution in [-0.4, -0.2) is 36.6 Å². The number of aryl methyl sites for hydroxylation is 3. The number of nitrogens with one attached hydrogen (secondary N) is 1. The molecule has 6 nitrogen and oxygen atoms in total. The number of aromatic nitrogens is 1. The smallest absolute Gasteiger partial charge is 0.258 e. The molecule has 7 heteroatoms. The monoisotopic (exact) mass is 665 g/mol. The van der Waals surface area contributed by atoms with Gasteiger partial charge in [0.05, 0.1) is 11.3 Å². The molecule has 1 fully saturated rings. The van der Waals surface area contributed by atoms with Gasteiger partial charge >= 0.3 is 0 Å². The highest BCUT2D eigenvalue weighted by Crippen LogP contribution is 2.37. The van der Waals surface area contributed by atoms with Gasteiger partial charge in [0.1, 0.15) is 0 Å². The molecule has 1 saturated heterocycles. The molecule has 0 atom stereocenters. The molecule has 2 aromatic heterocycles. The Hall–Kier alpha value is -4.07. The average molecular weight is 666 g/mol. The van der Waals surface area contributed by atoms with Crippen LogP contribution in [0.25, 0.3) is 11.6 Å². The van der Waals surface area contributed by atoms with Gasteiger partial charge in [0.15, 0.2) is 0 Å². The second-order valence-corrected chi connectivity index (χ2v) is 13.6. The number of thiophene rings is 1. The van der Waals surface area contributed by atoms with Crippen LogP contribution in [0.1, 0.15) is 107 Å². The van der Waals surface area contributed by atoms with Gasteiger partial charge in [-0.2, -0.15) is 0 Å². The molecule has 2 aliphatic rings. The maximum atomic E-state index is 13.6. The number of hydrogen-bond donors (Lipinski definition) is 1. The topological polar surface area (TPSA) is 71.5 Å². The van der Waals surface area contributed by atoms with E-state index in [-0.39, 0.29) is 11.8 Å². The van der Waals surface area contributed by atoms with E-state index in [1.54, 1.807) is 41.8 Å². The fourth-order valence-corrected chi connectivity index (χ4v) is 7.07. The van der Waals surface area contributed by atoms with E-state index in [4.69, 9.17) is 4.74 Å². The van der Waals surface area contributed by atoms with E-state index in [1.165, 1.54) is 41.0 Å². The molecule has 1 N–H and O–H groups in total. The van der Waals surface area contributed by atoms with Crippen LogP contribution >= 0.6 is 11.3 Å². The van der Waals surface area contributed by atoms with Crippen LogP contribution in [0.2, 0.25) is 0 Å². The van der Waals surface area contributed by atoms with Gasteiger partial charge in [-0.15, -0.1) is 11.3 Å². The van der Waals surface area contributed by atoms with E-state index in [2.05, 4.69) is 55.3 Å². The molecule has 0 spiro atoms. The van der Waals surface area contributed by atoms with Gasteiger partial charge in [-0.1, -0.05) is 58.7 Å².